The van der Waals surface area contributed by atoms with Gasteiger partial charge in [0.1, 0.15) is 0 Å². The Bertz CT molecular complexity index is 627. The van der Waals surface area contributed by atoms with E-state index in [-0.39, 0.29) is 5.56 Å². The second kappa shape index (κ2) is 5.06. The largest absolute Gasteiger partial charge is 0.294 e. The first kappa shape index (κ1) is 12.8. The molecule has 2 aromatic heterocycles. The Balaban J connectivity index is 1.84. The lowest BCUT2D eigenvalue weighted by atomic mass is 10.2. The minimum absolute atomic E-state index is 0.0292. The molecule has 0 amide bonds. The van der Waals surface area contributed by atoms with Crippen LogP contribution in [0.2, 0.25) is 0 Å². The Kier molecular flexibility index (Phi) is 3.41. The maximum atomic E-state index is 12.0. The van der Waals surface area contributed by atoms with Gasteiger partial charge in [-0.3, -0.25) is 14.1 Å². The molecule has 1 aliphatic carbocycles. The number of nitrogens with zero attached hydrogens (tertiary/aromatic N) is 3. The van der Waals surface area contributed by atoms with Gasteiger partial charge in [0.25, 0.3) is 5.56 Å². The molecule has 0 spiro atoms. The minimum Gasteiger partial charge on any atom is -0.294 e. The van der Waals surface area contributed by atoms with Gasteiger partial charge < -0.3 is 0 Å². The molecule has 1 aliphatic rings. The van der Waals surface area contributed by atoms with Gasteiger partial charge in [0.05, 0.1) is 5.69 Å². The van der Waals surface area contributed by atoms with Crippen LogP contribution in [0.3, 0.4) is 0 Å². The molecule has 1 saturated carbocycles. The van der Waals surface area contributed by atoms with Crippen LogP contribution in [0.25, 0.3) is 4.96 Å². The first-order valence-corrected chi connectivity index (χ1v) is 7.71. The summed E-state index contributed by atoms with van der Waals surface area (Å²) in [6.07, 6.45) is 4.35. The normalized spacial score (nSPS) is 15.8. The van der Waals surface area contributed by atoms with Gasteiger partial charge >= 0.3 is 0 Å². The number of fused-ring (bicyclic) bond motifs is 1. The van der Waals surface area contributed by atoms with Crippen LogP contribution in [-0.4, -0.2) is 26.9 Å². The molecule has 0 aliphatic heterocycles. The van der Waals surface area contributed by atoms with Gasteiger partial charge in [-0.25, -0.2) is 4.98 Å². The average Bonchev–Trinajstić information content (AvgIpc) is 3.07. The summed E-state index contributed by atoms with van der Waals surface area (Å²) in [6, 6.07) is 2.38. The lowest BCUT2D eigenvalue weighted by molar-refractivity contribution is 0.223. The van der Waals surface area contributed by atoms with Crippen molar-refractivity contribution in [2.75, 3.05) is 6.54 Å². The number of aromatic nitrogens is 2. The van der Waals surface area contributed by atoms with Gasteiger partial charge in [-0.1, -0.05) is 13.8 Å². The smallest absolute Gasteiger partial charge is 0.258 e. The molecule has 19 heavy (non-hydrogen) atoms. The van der Waals surface area contributed by atoms with E-state index < -0.39 is 0 Å². The Morgan fingerprint density at radius 2 is 2.32 bits per heavy atom. The van der Waals surface area contributed by atoms with E-state index in [0.717, 1.165) is 23.7 Å². The Morgan fingerprint density at radius 3 is 3.00 bits per heavy atom. The Hall–Kier alpha value is -1.20. The molecule has 4 nitrogen and oxygen atoms in total. The standard InChI is InChI=1S/C14H19N3OS/c1-10(2)8-16(12-3-4-12)9-11-7-13(18)17-5-6-19-14(17)15-11/h5-7,10,12H,3-4,8-9H2,1-2H3. The van der Waals surface area contributed by atoms with Gasteiger partial charge in [0.2, 0.25) is 0 Å². The zero-order valence-corrected chi connectivity index (χ0v) is 12.2. The van der Waals surface area contributed by atoms with E-state index in [2.05, 4.69) is 23.7 Å². The minimum atomic E-state index is 0.0292. The van der Waals surface area contributed by atoms with Crippen molar-refractivity contribution in [1.82, 2.24) is 14.3 Å². The molecule has 2 aromatic rings. The number of rotatable bonds is 5. The van der Waals surface area contributed by atoms with Crippen LogP contribution >= 0.6 is 11.3 Å². The van der Waals surface area contributed by atoms with E-state index in [9.17, 15) is 4.79 Å². The molecule has 0 N–H and O–H groups in total. The highest BCUT2D eigenvalue weighted by molar-refractivity contribution is 7.15. The summed E-state index contributed by atoms with van der Waals surface area (Å²) in [7, 11) is 0. The summed E-state index contributed by atoms with van der Waals surface area (Å²) < 4.78 is 1.61. The molecular formula is C14H19N3OS. The lowest BCUT2D eigenvalue weighted by Gasteiger charge is -2.23. The quantitative estimate of drug-likeness (QED) is 0.842. The topological polar surface area (TPSA) is 37.6 Å². The zero-order chi connectivity index (χ0) is 13.4. The van der Waals surface area contributed by atoms with Crippen LogP contribution in [0.4, 0.5) is 0 Å². The molecular weight excluding hydrogens is 258 g/mol. The second-order valence-electron chi connectivity index (χ2n) is 5.70. The van der Waals surface area contributed by atoms with Crippen LogP contribution in [0.1, 0.15) is 32.4 Å². The third-order valence-corrected chi connectivity index (χ3v) is 4.14. The lowest BCUT2D eigenvalue weighted by Crippen LogP contribution is -2.30. The van der Waals surface area contributed by atoms with Gasteiger partial charge in [-0.15, -0.1) is 11.3 Å². The monoisotopic (exact) mass is 277 g/mol. The van der Waals surface area contributed by atoms with Crippen molar-refractivity contribution in [2.24, 2.45) is 5.92 Å². The Morgan fingerprint density at radius 1 is 1.53 bits per heavy atom. The highest BCUT2D eigenvalue weighted by Gasteiger charge is 2.29. The van der Waals surface area contributed by atoms with E-state index in [4.69, 9.17) is 0 Å². The van der Waals surface area contributed by atoms with Crippen molar-refractivity contribution < 1.29 is 0 Å². The van der Waals surface area contributed by atoms with E-state index in [0.29, 0.717) is 12.0 Å². The molecule has 0 aromatic carbocycles. The van der Waals surface area contributed by atoms with Crippen LogP contribution in [0.15, 0.2) is 22.4 Å². The summed E-state index contributed by atoms with van der Waals surface area (Å²) >= 11 is 1.51. The van der Waals surface area contributed by atoms with Crippen molar-refractivity contribution in [3.8, 4) is 0 Å². The molecule has 0 unspecified atom stereocenters. The molecule has 3 rings (SSSR count). The predicted octanol–water partition coefficient (Wildman–Crippen LogP) is 2.38. The molecule has 1 fully saturated rings. The van der Waals surface area contributed by atoms with E-state index >= 15 is 0 Å². The first-order valence-electron chi connectivity index (χ1n) is 6.83. The number of hydrogen-bond donors (Lipinski definition) is 0. The summed E-state index contributed by atoms with van der Waals surface area (Å²) in [5.41, 5.74) is 0.932. The number of hydrogen-bond acceptors (Lipinski definition) is 4. The fraction of sp³-hybridized carbons (Fsp3) is 0.571. The van der Waals surface area contributed by atoms with Gasteiger partial charge in [-0.05, 0) is 18.8 Å². The first-order chi connectivity index (χ1) is 9.13. The average molecular weight is 277 g/mol. The summed E-state index contributed by atoms with van der Waals surface area (Å²) in [5.74, 6) is 0.646. The van der Waals surface area contributed by atoms with E-state index in [1.165, 1.54) is 24.2 Å². The van der Waals surface area contributed by atoms with Gasteiger partial charge in [0, 0.05) is 36.8 Å². The second-order valence-corrected chi connectivity index (χ2v) is 6.57. The van der Waals surface area contributed by atoms with Crippen molar-refractivity contribution >= 4 is 16.3 Å². The molecule has 102 valence electrons. The van der Waals surface area contributed by atoms with Crippen LogP contribution in [0.5, 0.6) is 0 Å². The summed E-state index contributed by atoms with van der Waals surface area (Å²) in [5, 5.41) is 1.90. The Labute approximate surface area is 116 Å². The van der Waals surface area contributed by atoms with Gasteiger partial charge in [0.15, 0.2) is 4.96 Å². The van der Waals surface area contributed by atoms with Crippen molar-refractivity contribution in [1.29, 1.82) is 0 Å². The molecule has 0 radical (unpaired) electrons. The van der Waals surface area contributed by atoms with Crippen LogP contribution in [-0.2, 0) is 6.54 Å². The predicted molar refractivity (Wildman–Crippen MR) is 77.6 cm³/mol. The molecule has 5 heteroatoms. The fourth-order valence-corrected chi connectivity index (χ4v) is 3.17. The maximum absolute atomic E-state index is 12.0. The third-order valence-electron chi connectivity index (χ3n) is 3.38. The van der Waals surface area contributed by atoms with Crippen molar-refractivity contribution in [3.63, 3.8) is 0 Å². The fourth-order valence-electron chi connectivity index (χ4n) is 2.43. The van der Waals surface area contributed by atoms with Gasteiger partial charge in [-0.2, -0.15) is 0 Å². The summed E-state index contributed by atoms with van der Waals surface area (Å²) in [6.45, 7) is 6.35. The molecule has 0 atom stereocenters. The third kappa shape index (κ3) is 2.87. The SMILES string of the molecule is CC(C)CN(Cc1cc(=O)n2ccsc2n1)C1CC1. The zero-order valence-electron chi connectivity index (χ0n) is 11.4. The van der Waals surface area contributed by atoms with E-state index in [1.807, 2.05) is 5.38 Å². The highest BCUT2D eigenvalue weighted by atomic mass is 32.1. The maximum Gasteiger partial charge on any atom is 0.258 e. The van der Waals surface area contributed by atoms with Crippen molar-refractivity contribution in [2.45, 2.75) is 39.3 Å². The highest BCUT2D eigenvalue weighted by Crippen LogP contribution is 2.28. The van der Waals surface area contributed by atoms with Crippen molar-refractivity contribution in [3.05, 3.63) is 33.7 Å². The van der Waals surface area contributed by atoms with Crippen LogP contribution in [0, 0.1) is 5.92 Å². The molecule has 2 heterocycles. The number of thiazole rings is 1. The summed E-state index contributed by atoms with van der Waals surface area (Å²) in [4.78, 5) is 19.8. The molecule has 0 bridgehead atoms. The van der Waals surface area contributed by atoms with E-state index in [1.54, 1.807) is 16.7 Å². The van der Waals surface area contributed by atoms with Crippen LogP contribution < -0.4 is 5.56 Å². The molecule has 0 saturated heterocycles.